The first-order chi connectivity index (χ1) is 17.0. The highest BCUT2D eigenvalue weighted by Crippen LogP contribution is 2.36. The minimum atomic E-state index is -3.94. The zero-order chi connectivity index (χ0) is 24.4. The molecule has 4 aromatic rings. The molecular formula is C29H26N2O3S. The molecule has 1 atom stereocenters. The number of para-hydroxylation sites is 2. The van der Waals surface area contributed by atoms with Crippen molar-refractivity contribution in [3.05, 3.63) is 126 Å². The van der Waals surface area contributed by atoms with Gasteiger partial charge in [-0.3, -0.25) is 9.10 Å². The summed E-state index contributed by atoms with van der Waals surface area (Å²) in [5, 5.41) is 0. The molecule has 0 radical (unpaired) electrons. The molecule has 0 saturated carbocycles. The molecule has 0 spiro atoms. The zero-order valence-electron chi connectivity index (χ0n) is 19.4. The van der Waals surface area contributed by atoms with E-state index in [1.54, 1.807) is 59.5 Å². The molecule has 5 nitrogen and oxygen atoms in total. The average Bonchev–Trinajstić information content (AvgIpc) is 3.23. The van der Waals surface area contributed by atoms with E-state index >= 15 is 0 Å². The predicted molar refractivity (Wildman–Crippen MR) is 139 cm³/mol. The monoisotopic (exact) mass is 482 g/mol. The highest BCUT2D eigenvalue weighted by molar-refractivity contribution is 7.92. The van der Waals surface area contributed by atoms with Crippen LogP contribution in [0.25, 0.3) is 0 Å². The minimum absolute atomic E-state index is 0.0266. The lowest BCUT2D eigenvalue weighted by atomic mass is 10.1. The van der Waals surface area contributed by atoms with E-state index in [-0.39, 0.29) is 23.4 Å². The number of fused-ring (bicyclic) bond motifs is 1. The summed E-state index contributed by atoms with van der Waals surface area (Å²) in [4.78, 5) is 15.9. The number of carbonyl (C=O) groups is 1. The molecule has 35 heavy (non-hydrogen) atoms. The van der Waals surface area contributed by atoms with Gasteiger partial charge in [0, 0.05) is 11.7 Å². The van der Waals surface area contributed by atoms with E-state index in [2.05, 4.69) is 0 Å². The van der Waals surface area contributed by atoms with Crippen molar-refractivity contribution in [2.24, 2.45) is 0 Å². The quantitative estimate of drug-likeness (QED) is 0.356. The van der Waals surface area contributed by atoms with E-state index < -0.39 is 10.0 Å². The normalized spacial score (nSPS) is 15.0. The van der Waals surface area contributed by atoms with E-state index in [1.807, 2.05) is 61.5 Å². The van der Waals surface area contributed by atoms with E-state index in [0.717, 1.165) is 23.2 Å². The van der Waals surface area contributed by atoms with Gasteiger partial charge in [-0.15, -0.1) is 0 Å². The van der Waals surface area contributed by atoms with Crippen molar-refractivity contribution in [3.8, 4) is 0 Å². The van der Waals surface area contributed by atoms with E-state index in [4.69, 9.17) is 0 Å². The van der Waals surface area contributed by atoms with Crippen molar-refractivity contribution in [3.63, 3.8) is 0 Å². The van der Waals surface area contributed by atoms with Crippen LogP contribution in [0.5, 0.6) is 0 Å². The van der Waals surface area contributed by atoms with Crippen LogP contribution in [-0.4, -0.2) is 20.4 Å². The number of hydrogen-bond acceptors (Lipinski definition) is 3. The van der Waals surface area contributed by atoms with Gasteiger partial charge in [0.15, 0.2) is 0 Å². The molecular weight excluding hydrogens is 456 g/mol. The Morgan fingerprint density at radius 1 is 0.829 bits per heavy atom. The first-order valence-electron chi connectivity index (χ1n) is 11.6. The smallest absolute Gasteiger partial charge is 0.264 e. The molecule has 176 valence electrons. The fraction of sp³-hybridized carbons (Fsp3) is 0.138. The zero-order valence-corrected chi connectivity index (χ0v) is 20.2. The Bertz CT molecular complexity index is 1450. The number of nitrogens with zero attached hydrogens (tertiary/aromatic N) is 2. The van der Waals surface area contributed by atoms with E-state index in [1.165, 1.54) is 4.31 Å². The number of anilines is 2. The van der Waals surface area contributed by atoms with Gasteiger partial charge in [0.2, 0.25) is 0 Å². The van der Waals surface area contributed by atoms with Gasteiger partial charge in [-0.1, -0.05) is 78.9 Å². The van der Waals surface area contributed by atoms with Gasteiger partial charge in [-0.2, -0.15) is 0 Å². The Morgan fingerprint density at radius 2 is 1.43 bits per heavy atom. The van der Waals surface area contributed by atoms with Gasteiger partial charge in [-0.05, 0) is 54.8 Å². The maximum absolute atomic E-state index is 14.0. The van der Waals surface area contributed by atoms with Crippen molar-refractivity contribution < 1.29 is 13.2 Å². The average molecular weight is 483 g/mol. The molecule has 4 aromatic carbocycles. The number of sulfonamides is 1. The maximum Gasteiger partial charge on any atom is 0.264 e. The number of carbonyl (C=O) groups excluding carboxylic acids is 1. The third-order valence-electron chi connectivity index (χ3n) is 6.33. The fourth-order valence-electron chi connectivity index (χ4n) is 4.65. The van der Waals surface area contributed by atoms with Crippen LogP contribution in [0.15, 0.2) is 114 Å². The highest BCUT2D eigenvalue weighted by Gasteiger charge is 2.35. The van der Waals surface area contributed by atoms with Crippen LogP contribution in [0.3, 0.4) is 0 Å². The van der Waals surface area contributed by atoms with Crippen LogP contribution in [-0.2, 0) is 23.0 Å². The molecule has 0 bridgehead atoms. The van der Waals surface area contributed by atoms with E-state index in [0.29, 0.717) is 11.3 Å². The molecule has 1 amide bonds. The molecule has 0 fully saturated rings. The molecule has 0 saturated heterocycles. The number of amides is 1. The van der Waals surface area contributed by atoms with Crippen LogP contribution in [0.1, 0.15) is 28.4 Å². The lowest BCUT2D eigenvalue weighted by Gasteiger charge is -2.29. The predicted octanol–water partition coefficient (Wildman–Crippen LogP) is 5.67. The molecule has 0 aliphatic carbocycles. The first-order valence-corrected chi connectivity index (χ1v) is 13.0. The molecule has 1 aliphatic heterocycles. The summed E-state index contributed by atoms with van der Waals surface area (Å²) in [5.41, 5.74) is 3.53. The number of benzene rings is 4. The second-order valence-electron chi connectivity index (χ2n) is 8.68. The first kappa shape index (κ1) is 22.9. The van der Waals surface area contributed by atoms with Crippen LogP contribution >= 0.6 is 0 Å². The van der Waals surface area contributed by atoms with Gasteiger partial charge in [0.05, 0.1) is 22.7 Å². The van der Waals surface area contributed by atoms with Crippen LogP contribution in [0.2, 0.25) is 0 Å². The van der Waals surface area contributed by atoms with Crippen LogP contribution in [0.4, 0.5) is 11.4 Å². The number of hydrogen-bond donors (Lipinski definition) is 0. The second-order valence-corrected chi connectivity index (χ2v) is 10.5. The largest absolute Gasteiger partial charge is 0.305 e. The topological polar surface area (TPSA) is 57.7 Å². The summed E-state index contributed by atoms with van der Waals surface area (Å²) >= 11 is 0. The highest BCUT2D eigenvalue weighted by atomic mass is 32.2. The standard InChI is InChI=1S/C29H26N2O3S/c1-22-20-24-14-8-10-18-27(24)31(22)29(32)26-17-9-11-19-28(26)30(21-23-12-4-2-5-13-23)35(33,34)25-15-6-3-7-16-25/h2-19,22H,20-21H2,1H3. The fourth-order valence-corrected chi connectivity index (χ4v) is 6.14. The van der Waals surface area contributed by atoms with Crippen molar-refractivity contribution >= 4 is 27.3 Å². The molecule has 1 heterocycles. The molecule has 0 aromatic heterocycles. The Morgan fingerprint density at radius 3 is 2.17 bits per heavy atom. The summed E-state index contributed by atoms with van der Waals surface area (Å²) in [6.45, 7) is 2.12. The number of rotatable bonds is 6. The summed E-state index contributed by atoms with van der Waals surface area (Å²) < 4.78 is 29.1. The third kappa shape index (κ3) is 4.33. The molecule has 6 heteroatoms. The summed E-state index contributed by atoms with van der Waals surface area (Å²) in [7, 11) is -3.94. The maximum atomic E-state index is 14.0. The van der Waals surface area contributed by atoms with Gasteiger partial charge in [0.25, 0.3) is 15.9 Å². The van der Waals surface area contributed by atoms with Gasteiger partial charge < -0.3 is 4.90 Å². The van der Waals surface area contributed by atoms with Crippen LogP contribution < -0.4 is 9.21 Å². The SMILES string of the molecule is CC1Cc2ccccc2N1C(=O)c1ccccc1N(Cc1ccccc1)S(=O)(=O)c1ccccc1. The van der Waals surface area contributed by atoms with Gasteiger partial charge in [-0.25, -0.2) is 8.42 Å². The Labute approximate surface area is 206 Å². The Kier molecular flexibility index (Phi) is 6.14. The van der Waals surface area contributed by atoms with Crippen molar-refractivity contribution in [2.75, 3.05) is 9.21 Å². The minimum Gasteiger partial charge on any atom is -0.305 e. The molecule has 1 unspecified atom stereocenters. The lowest BCUT2D eigenvalue weighted by molar-refractivity contribution is 0.0982. The summed E-state index contributed by atoms with van der Waals surface area (Å²) in [6, 6.07) is 32.6. The van der Waals surface area contributed by atoms with Gasteiger partial charge in [0.1, 0.15) is 0 Å². The molecule has 5 rings (SSSR count). The third-order valence-corrected chi connectivity index (χ3v) is 8.10. The van der Waals surface area contributed by atoms with Crippen molar-refractivity contribution in [1.82, 2.24) is 0 Å². The Balaban J connectivity index is 1.63. The van der Waals surface area contributed by atoms with Crippen LogP contribution in [0, 0.1) is 0 Å². The van der Waals surface area contributed by atoms with Gasteiger partial charge >= 0.3 is 0 Å². The van der Waals surface area contributed by atoms with Crippen molar-refractivity contribution in [1.29, 1.82) is 0 Å². The molecule has 0 N–H and O–H groups in total. The Hall–Kier alpha value is -3.90. The van der Waals surface area contributed by atoms with Crippen molar-refractivity contribution in [2.45, 2.75) is 30.8 Å². The second kappa shape index (κ2) is 9.39. The lowest BCUT2D eigenvalue weighted by Crippen LogP contribution is -2.38. The summed E-state index contributed by atoms with van der Waals surface area (Å²) in [5.74, 6) is -0.209. The summed E-state index contributed by atoms with van der Waals surface area (Å²) in [6.07, 6.45) is 0.764. The van der Waals surface area contributed by atoms with E-state index in [9.17, 15) is 13.2 Å². The molecule has 1 aliphatic rings.